The zero-order chi connectivity index (χ0) is 13.5. The Morgan fingerprint density at radius 3 is 2.95 bits per heavy atom. The first kappa shape index (κ1) is 13.8. The van der Waals surface area contributed by atoms with E-state index in [-0.39, 0.29) is 0 Å². The molecule has 5 heteroatoms. The second-order valence-electron chi connectivity index (χ2n) is 4.18. The third-order valence-electron chi connectivity index (χ3n) is 2.57. The average Bonchev–Trinajstić information content (AvgIpc) is 2.39. The van der Waals surface area contributed by atoms with Crippen LogP contribution in [0.3, 0.4) is 0 Å². The maximum Gasteiger partial charge on any atom is 0.229 e. The monoisotopic (exact) mass is 320 g/mol. The number of nitrogens with one attached hydrogen (secondary N) is 2. The second kappa shape index (κ2) is 7.09. The average molecular weight is 321 g/mol. The number of nitrogens with zero attached hydrogens (tertiary/aromatic N) is 2. The molecule has 0 aliphatic carbocycles. The van der Waals surface area contributed by atoms with Crippen molar-refractivity contribution in [2.45, 2.75) is 19.8 Å². The van der Waals surface area contributed by atoms with E-state index in [0.717, 1.165) is 28.9 Å². The molecule has 0 radical (unpaired) electrons. The van der Waals surface area contributed by atoms with Crippen LogP contribution in [0.15, 0.2) is 41.0 Å². The highest BCUT2D eigenvalue weighted by Gasteiger charge is 2.00. The van der Waals surface area contributed by atoms with Crippen LogP contribution >= 0.6 is 15.9 Å². The van der Waals surface area contributed by atoms with Crippen molar-refractivity contribution < 1.29 is 0 Å². The number of unbranched alkanes of at least 4 members (excludes halogenated alkanes) is 1. The van der Waals surface area contributed by atoms with Gasteiger partial charge in [0.1, 0.15) is 5.82 Å². The van der Waals surface area contributed by atoms with Crippen molar-refractivity contribution >= 4 is 33.4 Å². The third-order valence-corrected chi connectivity index (χ3v) is 3.07. The number of anilines is 3. The van der Waals surface area contributed by atoms with Gasteiger partial charge in [-0.25, -0.2) is 4.98 Å². The lowest BCUT2D eigenvalue weighted by Gasteiger charge is -2.08. The van der Waals surface area contributed by atoms with E-state index in [1.807, 2.05) is 30.3 Å². The minimum Gasteiger partial charge on any atom is -0.370 e. The van der Waals surface area contributed by atoms with Crippen molar-refractivity contribution in [1.29, 1.82) is 0 Å². The Morgan fingerprint density at radius 1 is 1.26 bits per heavy atom. The lowest BCUT2D eigenvalue weighted by atomic mass is 10.3. The summed E-state index contributed by atoms with van der Waals surface area (Å²) in [7, 11) is 0. The fourth-order valence-corrected chi connectivity index (χ4v) is 2.01. The van der Waals surface area contributed by atoms with Crippen LogP contribution < -0.4 is 10.6 Å². The van der Waals surface area contributed by atoms with Crippen LogP contribution in [0.4, 0.5) is 17.5 Å². The molecule has 0 unspecified atom stereocenters. The van der Waals surface area contributed by atoms with Crippen LogP contribution in [-0.2, 0) is 0 Å². The molecule has 2 aromatic rings. The fraction of sp³-hybridized carbons (Fsp3) is 0.286. The molecule has 0 aliphatic rings. The molecule has 0 spiro atoms. The van der Waals surface area contributed by atoms with Gasteiger partial charge in [0.05, 0.1) is 0 Å². The molecular formula is C14H17BrN4. The number of hydrogen-bond donors (Lipinski definition) is 2. The summed E-state index contributed by atoms with van der Waals surface area (Å²) in [5.74, 6) is 1.44. The quantitative estimate of drug-likeness (QED) is 0.783. The maximum absolute atomic E-state index is 4.42. The van der Waals surface area contributed by atoms with Gasteiger partial charge in [-0.15, -0.1) is 0 Å². The summed E-state index contributed by atoms with van der Waals surface area (Å²) in [6, 6.07) is 9.79. The smallest absolute Gasteiger partial charge is 0.229 e. The number of halogens is 1. The summed E-state index contributed by atoms with van der Waals surface area (Å²) >= 11 is 3.44. The summed E-state index contributed by atoms with van der Waals surface area (Å²) in [6.07, 6.45) is 4.06. The minimum absolute atomic E-state index is 0.597. The summed E-state index contributed by atoms with van der Waals surface area (Å²) in [6.45, 7) is 3.10. The molecular weight excluding hydrogens is 304 g/mol. The Hall–Kier alpha value is -1.62. The Bertz CT molecular complexity index is 530. The van der Waals surface area contributed by atoms with E-state index in [0.29, 0.717) is 5.95 Å². The fourth-order valence-electron chi connectivity index (χ4n) is 1.61. The SMILES string of the molecule is CCCCNc1ccnc(Nc2cccc(Br)c2)n1. The van der Waals surface area contributed by atoms with E-state index in [2.05, 4.69) is 43.5 Å². The highest BCUT2D eigenvalue weighted by atomic mass is 79.9. The van der Waals surface area contributed by atoms with Gasteiger partial charge in [0.15, 0.2) is 0 Å². The van der Waals surface area contributed by atoms with Gasteiger partial charge in [-0.1, -0.05) is 35.3 Å². The third kappa shape index (κ3) is 4.52. The minimum atomic E-state index is 0.597. The molecule has 0 atom stereocenters. The van der Waals surface area contributed by atoms with E-state index in [9.17, 15) is 0 Å². The molecule has 1 aromatic carbocycles. The van der Waals surface area contributed by atoms with E-state index < -0.39 is 0 Å². The molecule has 1 aromatic heterocycles. The molecule has 0 saturated heterocycles. The topological polar surface area (TPSA) is 49.8 Å². The molecule has 4 nitrogen and oxygen atoms in total. The summed E-state index contributed by atoms with van der Waals surface area (Å²) < 4.78 is 1.02. The molecule has 0 bridgehead atoms. The summed E-state index contributed by atoms with van der Waals surface area (Å²) in [5.41, 5.74) is 0.958. The molecule has 19 heavy (non-hydrogen) atoms. The Labute approximate surface area is 121 Å². The molecule has 0 aliphatic heterocycles. The molecule has 0 fully saturated rings. The second-order valence-corrected chi connectivity index (χ2v) is 5.10. The van der Waals surface area contributed by atoms with Crippen LogP contribution in [0.2, 0.25) is 0 Å². The van der Waals surface area contributed by atoms with E-state index in [1.165, 1.54) is 6.42 Å². The van der Waals surface area contributed by atoms with Gasteiger partial charge >= 0.3 is 0 Å². The van der Waals surface area contributed by atoms with Crippen molar-refractivity contribution in [3.05, 3.63) is 41.0 Å². The number of rotatable bonds is 6. The maximum atomic E-state index is 4.42. The lowest BCUT2D eigenvalue weighted by molar-refractivity contribution is 0.830. The zero-order valence-corrected chi connectivity index (χ0v) is 12.4. The Kier molecular flexibility index (Phi) is 5.15. The molecule has 2 rings (SSSR count). The summed E-state index contributed by atoms with van der Waals surface area (Å²) in [4.78, 5) is 8.64. The first-order valence-electron chi connectivity index (χ1n) is 6.37. The number of aromatic nitrogens is 2. The molecule has 2 N–H and O–H groups in total. The largest absolute Gasteiger partial charge is 0.370 e. The van der Waals surface area contributed by atoms with Crippen molar-refractivity contribution in [2.24, 2.45) is 0 Å². The van der Waals surface area contributed by atoms with E-state index >= 15 is 0 Å². The Morgan fingerprint density at radius 2 is 2.16 bits per heavy atom. The van der Waals surface area contributed by atoms with Gasteiger partial charge in [-0.05, 0) is 30.7 Å². The van der Waals surface area contributed by atoms with Crippen molar-refractivity contribution in [1.82, 2.24) is 9.97 Å². The van der Waals surface area contributed by atoms with Gasteiger partial charge in [-0.3, -0.25) is 0 Å². The molecule has 0 saturated carbocycles. The van der Waals surface area contributed by atoms with Crippen LogP contribution in [0, 0.1) is 0 Å². The number of hydrogen-bond acceptors (Lipinski definition) is 4. The highest BCUT2D eigenvalue weighted by molar-refractivity contribution is 9.10. The molecule has 0 amide bonds. The van der Waals surface area contributed by atoms with Crippen LogP contribution in [0.25, 0.3) is 0 Å². The predicted molar refractivity (Wildman–Crippen MR) is 82.9 cm³/mol. The van der Waals surface area contributed by atoms with Gasteiger partial charge in [0.25, 0.3) is 0 Å². The van der Waals surface area contributed by atoms with Crippen LogP contribution in [0.5, 0.6) is 0 Å². The standard InChI is InChI=1S/C14H17BrN4/c1-2-3-8-16-13-7-9-17-14(19-13)18-12-6-4-5-11(15)10-12/h4-7,9-10H,2-3,8H2,1H3,(H2,16,17,18,19). The van der Waals surface area contributed by atoms with Gasteiger partial charge in [0.2, 0.25) is 5.95 Å². The summed E-state index contributed by atoms with van der Waals surface area (Å²) in [5, 5.41) is 6.47. The first-order chi connectivity index (χ1) is 9.28. The van der Waals surface area contributed by atoms with Crippen molar-refractivity contribution in [3.8, 4) is 0 Å². The zero-order valence-electron chi connectivity index (χ0n) is 10.9. The van der Waals surface area contributed by atoms with Crippen molar-refractivity contribution in [2.75, 3.05) is 17.2 Å². The van der Waals surface area contributed by atoms with Crippen LogP contribution in [0.1, 0.15) is 19.8 Å². The van der Waals surface area contributed by atoms with Gasteiger partial charge in [-0.2, -0.15) is 4.98 Å². The Balaban J connectivity index is 2.02. The van der Waals surface area contributed by atoms with Gasteiger partial charge < -0.3 is 10.6 Å². The highest BCUT2D eigenvalue weighted by Crippen LogP contribution is 2.18. The van der Waals surface area contributed by atoms with E-state index in [1.54, 1.807) is 6.20 Å². The first-order valence-corrected chi connectivity index (χ1v) is 7.17. The normalized spacial score (nSPS) is 10.2. The van der Waals surface area contributed by atoms with Crippen molar-refractivity contribution in [3.63, 3.8) is 0 Å². The lowest BCUT2D eigenvalue weighted by Crippen LogP contribution is -2.05. The molecule has 100 valence electrons. The molecule has 1 heterocycles. The van der Waals surface area contributed by atoms with Crippen LogP contribution in [-0.4, -0.2) is 16.5 Å². The number of benzene rings is 1. The van der Waals surface area contributed by atoms with E-state index in [4.69, 9.17) is 0 Å². The van der Waals surface area contributed by atoms with Gasteiger partial charge in [0, 0.05) is 22.9 Å². The predicted octanol–water partition coefficient (Wildman–Crippen LogP) is 4.19.